The minimum atomic E-state index is -0.852. The van der Waals surface area contributed by atoms with Gasteiger partial charge in [-0.2, -0.15) is 0 Å². The van der Waals surface area contributed by atoms with E-state index in [1.807, 2.05) is 19.1 Å². The lowest BCUT2D eigenvalue weighted by Crippen LogP contribution is -2.40. The highest BCUT2D eigenvalue weighted by Crippen LogP contribution is 2.14. The molecular weight excluding hydrogens is 319 g/mol. The van der Waals surface area contributed by atoms with Gasteiger partial charge in [-0.3, -0.25) is 0 Å². The number of ether oxygens (including phenoxy) is 1. The van der Waals surface area contributed by atoms with Crippen molar-refractivity contribution in [1.82, 2.24) is 10.6 Å². The number of amides is 2. The maximum absolute atomic E-state index is 12.7. The molecule has 5 nitrogen and oxygen atoms in total. The Labute approximate surface area is 138 Å². The molecule has 1 aromatic heterocycles. The summed E-state index contributed by atoms with van der Waals surface area (Å²) in [6.07, 6.45) is -0.852. The number of aryl methyl sites for hydroxylation is 1. The predicted molar refractivity (Wildman–Crippen MR) is 87.2 cm³/mol. The van der Waals surface area contributed by atoms with Gasteiger partial charge in [0.2, 0.25) is 0 Å². The third-order valence-electron chi connectivity index (χ3n) is 2.97. The molecule has 0 aliphatic heterocycles. The minimum Gasteiger partial charge on any atom is -0.491 e. The van der Waals surface area contributed by atoms with E-state index in [4.69, 9.17) is 4.74 Å². The van der Waals surface area contributed by atoms with E-state index in [2.05, 4.69) is 10.6 Å². The zero-order chi connectivity index (χ0) is 16.7. The van der Waals surface area contributed by atoms with Crippen molar-refractivity contribution in [1.29, 1.82) is 0 Å². The number of hydrogen-bond acceptors (Lipinski definition) is 4. The first-order valence-electron chi connectivity index (χ1n) is 7.16. The van der Waals surface area contributed by atoms with Gasteiger partial charge in [-0.1, -0.05) is 0 Å². The maximum atomic E-state index is 12.7. The molecule has 1 heterocycles. The summed E-state index contributed by atoms with van der Waals surface area (Å²) in [4.78, 5) is 13.9. The highest BCUT2D eigenvalue weighted by Gasteiger charge is 2.08. The van der Waals surface area contributed by atoms with E-state index >= 15 is 0 Å². The number of benzene rings is 1. The highest BCUT2D eigenvalue weighted by atomic mass is 32.1. The monoisotopic (exact) mass is 338 g/mol. The molecule has 0 radical (unpaired) electrons. The first-order valence-corrected chi connectivity index (χ1v) is 7.98. The molecule has 1 aromatic carbocycles. The van der Waals surface area contributed by atoms with Crippen LogP contribution < -0.4 is 15.4 Å². The van der Waals surface area contributed by atoms with Crippen molar-refractivity contribution in [3.05, 3.63) is 52.0 Å². The number of urea groups is 1. The van der Waals surface area contributed by atoms with Crippen LogP contribution in [-0.4, -0.2) is 30.4 Å². The molecule has 1 atom stereocenters. The number of aliphatic hydroxyl groups is 1. The summed E-state index contributed by atoms with van der Waals surface area (Å²) >= 11 is 1.62. The van der Waals surface area contributed by atoms with Crippen LogP contribution in [0.3, 0.4) is 0 Å². The van der Waals surface area contributed by atoms with Crippen LogP contribution in [0.5, 0.6) is 5.75 Å². The molecule has 2 aromatic rings. The van der Waals surface area contributed by atoms with Crippen molar-refractivity contribution in [2.75, 3.05) is 13.2 Å². The smallest absolute Gasteiger partial charge is 0.315 e. The summed E-state index contributed by atoms with van der Waals surface area (Å²) in [6, 6.07) is 9.12. The quantitative estimate of drug-likeness (QED) is 0.726. The van der Waals surface area contributed by atoms with Crippen LogP contribution in [-0.2, 0) is 6.54 Å². The lowest BCUT2D eigenvalue weighted by Gasteiger charge is -2.13. The largest absolute Gasteiger partial charge is 0.491 e. The SMILES string of the molecule is Cc1ccc(CNC(=O)NCC(O)COc2ccc(F)cc2)s1. The molecule has 1 unspecified atom stereocenters. The Kier molecular flexibility index (Phi) is 6.37. The molecule has 124 valence electrons. The molecular formula is C16H19FN2O3S. The minimum absolute atomic E-state index is 0.00995. The molecule has 0 spiro atoms. The lowest BCUT2D eigenvalue weighted by atomic mass is 10.3. The van der Waals surface area contributed by atoms with E-state index in [0.29, 0.717) is 12.3 Å². The number of hydrogen-bond donors (Lipinski definition) is 3. The molecule has 23 heavy (non-hydrogen) atoms. The van der Waals surface area contributed by atoms with Crippen molar-refractivity contribution < 1.29 is 19.0 Å². The van der Waals surface area contributed by atoms with Gasteiger partial charge in [-0.05, 0) is 43.3 Å². The van der Waals surface area contributed by atoms with Gasteiger partial charge in [0, 0.05) is 16.3 Å². The number of thiophene rings is 1. The molecule has 0 aliphatic rings. The second kappa shape index (κ2) is 8.50. The predicted octanol–water partition coefficient (Wildman–Crippen LogP) is 2.43. The zero-order valence-corrected chi connectivity index (χ0v) is 13.5. The highest BCUT2D eigenvalue weighted by molar-refractivity contribution is 7.11. The standard InChI is InChI=1S/C16H19FN2O3S/c1-11-2-7-15(23-11)9-19-16(21)18-8-13(20)10-22-14-5-3-12(17)4-6-14/h2-7,13,20H,8-10H2,1H3,(H2,18,19,21). The van der Waals surface area contributed by atoms with Crippen LogP contribution in [0.2, 0.25) is 0 Å². The van der Waals surface area contributed by atoms with E-state index in [0.717, 1.165) is 4.88 Å². The van der Waals surface area contributed by atoms with E-state index in [1.54, 1.807) is 11.3 Å². The van der Waals surface area contributed by atoms with Gasteiger partial charge in [0.1, 0.15) is 24.3 Å². The fourth-order valence-electron chi connectivity index (χ4n) is 1.80. The summed E-state index contributed by atoms with van der Waals surface area (Å²) in [5, 5.41) is 15.0. The van der Waals surface area contributed by atoms with Gasteiger partial charge in [-0.25, -0.2) is 9.18 Å². The van der Waals surface area contributed by atoms with Crippen LogP contribution in [0.25, 0.3) is 0 Å². The van der Waals surface area contributed by atoms with E-state index < -0.39 is 6.10 Å². The molecule has 2 rings (SSSR count). The average molecular weight is 338 g/mol. The zero-order valence-electron chi connectivity index (χ0n) is 12.7. The van der Waals surface area contributed by atoms with Gasteiger partial charge in [-0.15, -0.1) is 11.3 Å². The molecule has 0 aliphatic carbocycles. The number of halogens is 1. The third-order valence-corrected chi connectivity index (χ3v) is 3.97. The molecule has 7 heteroatoms. The molecule has 0 saturated carbocycles. The molecule has 0 fully saturated rings. The van der Waals surface area contributed by atoms with Gasteiger partial charge in [0.05, 0.1) is 6.54 Å². The Morgan fingerprint density at radius 2 is 2.00 bits per heavy atom. The van der Waals surface area contributed by atoms with Crippen LogP contribution in [0.4, 0.5) is 9.18 Å². The van der Waals surface area contributed by atoms with Gasteiger partial charge in [0.25, 0.3) is 0 Å². The number of carbonyl (C=O) groups excluding carboxylic acids is 1. The number of nitrogens with one attached hydrogen (secondary N) is 2. The Hall–Kier alpha value is -2.12. The average Bonchev–Trinajstić information content (AvgIpc) is 2.96. The van der Waals surface area contributed by atoms with E-state index in [1.165, 1.54) is 29.1 Å². The lowest BCUT2D eigenvalue weighted by molar-refractivity contribution is 0.108. The van der Waals surface area contributed by atoms with Crippen LogP contribution in [0, 0.1) is 12.7 Å². The second-order valence-corrected chi connectivity index (χ2v) is 6.37. The third kappa shape index (κ3) is 6.25. The number of rotatable bonds is 7. The Morgan fingerprint density at radius 3 is 2.65 bits per heavy atom. The van der Waals surface area contributed by atoms with Crippen LogP contribution >= 0.6 is 11.3 Å². The first kappa shape index (κ1) is 17.2. The first-order chi connectivity index (χ1) is 11.0. The van der Waals surface area contributed by atoms with Crippen molar-refractivity contribution in [3.8, 4) is 5.75 Å². The Balaban J connectivity index is 1.62. The van der Waals surface area contributed by atoms with Gasteiger partial charge >= 0.3 is 6.03 Å². The fraction of sp³-hybridized carbons (Fsp3) is 0.312. The normalized spacial score (nSPS) is 11.8. The van der Waals surface area contributed by atoms with Crippen molar-refractivity contribution in [2.45, 2.75) is 19.6 Å². The van der Waals surface area contributed by atoms with Crippen LogP contribution in [0.1, 0.15) is 9.75 Å². The molecule has 2 amide bonds. The van der Waals surface area contributed by atoms with E-state index in [9.17, 15) is 14.3 Å². The summed E-state index contributed by atoms with van der Waals surface area (Å²) in [5.74, 6) is 0.111. The van der Waals surface area contributed by atoms with Crippen LogP contribution in [0.15, 0.2) is 36.4 Å². The fourth-order valence-corrected chi connectivity index (χ4v) is 2.63. The Morgan fingerprint density at radius 1 is 1.26 bits per heavy atom. The Bertz CT molecular complexity index is 631. The molecule has 3 N–H and O–H groups in total. The molecule has 0 bridgehead atoms. The summed E-state index contributed by atoms with van der Waals surface area (Å²) in [7, 11) is 0. The van der Waals surface area contributed by atoms with Crippen molar-refractivity contribution in [2.24, 2.45) is 0 Å². The second-order valence-electron chi connectivity index (χ2n) is 4.99. The van der Waals surface area contributed by atoms with Gasteiger partial charge in [0.15, 0.2) is 0 Å². The van der Waals surface area contributed by atoms with Crippen molar-refractivity contribution >= 4 is 17.4 Å². The maximum Gasteiger partial charge on any atom is 0.315 e. The van der Waals surface area contributed by atoms with E-state index in [-0.39, 0.29) is 25.0 Å². The summed E-state index contributed by atoms with van der Waals surface area (Å²) in [5.41, 5.74) is 0. The van der Waals surface area contributed by atoms with Gasteiger partial charge < -0.3 is 20.5 Å². The summed E-state index contributed by atoms with van der Waals surface area (Å²) < 4.78 is 18.0. The molecule has 0 saturated heterocycles. The summed E-state index contributed by atoms with van der Waals surface area (Å²) in [6.45, 7) is 2.53. The number of aliphatic hydroxyl groups excluding tert-OH is 1. The topological polar surface area (TPSA) is 70.6 Å². The number of carbonyl (C=O) groups is 1. The van der Waals surface area contributed by atoms with Crippen molar-refractivity contribution in [3.63, 3.8) is 0 Å².